The average molecular weight is 379 g/mol. The van der Waals surface area contributed by atoms with Gasteiger partial charge in [-0.15, -0.1) is 11.3 Å². The predicted octanol–water partition coefficient (Wildman–Crippen LogP) is 5.14. The number of anilines is 2. The van der Waals surface area contributed by atoms with E-state index in [4.69, 9.17) is 4.74 Å². The summed E-state index contributed by atoms with van der Waals surface area (Å²) in [6.45, 7) is 3.55. The van der Waals surface area contributed by atoms with Crippen molar-refractivity contribution in [3.8, 4) is 5.75 Å². The van der Waals surface area contributed by atoms with Crippen LogP contribution in [0.3, 0.4) is 0 Å². The van der Waals surface area contributed by atoms with Crippen molar-refractivity contribution in [3.63, 3.8) is 0 Å². The summed E-state index contributed by atoms with van der Waals surface area (Å²) < 4.78 is 6.52. The summed E-state index contributed by atoms with van der Waals surface area (Å²) >= 11 is 1.67. The molecule has 1 aliphatic carbocycles. The van der Waals surface area contributed by atoms with Crippen molar-refractivity contribution in [1.82, 2.24) is 9.97 Å². The number of nitrogens with one attached hydrogen (secondary N) is 1. The van der Waals surface area contributed by atoms with Gasteiger partial charge in [0.2, 0.25) is 0 Å². The second-order valence-corrected chi connectivity index (χ2v) is 7.45. The first kappa shape index (κ1) is 17.7. The number of fused-ring (bicyclic) bond motifs is 1. The first-order chi connectivity index (χ1) is 13.2. The molecule has 0 aliphatic heterocycles. The number of hydrogen-bond acceptors (Lipinski definition) is 6. The first-order valence-corrected chi connectivity index (χ1v) is 9.81. The molecule has 0 bridgehead atoms. The summed E-state index contributed by atoms with van der Waals surface area (Å²) in [5.74, 6) is 1.42. The molecule has 1 atom stereocenters. The third kappa shape index (κ3) is 4.02. The Bertz CT molecular complexity index is 1010. The summed E-state index contributed by atoms with van der Waals surface area (Å²) in [5, 5.41) is 12.9. The van der Waals surface area contributed by atoms with Crippen molar-refractivity contribution in [1.29, 1.82) is 0 Å². The lowest BCUT2D eigenvalue weighted by Crippen LogP contribution is -2.08. The molecule has 0 amide bonds. The van der Waals surface area contributed by atoms with Gasteiger partial charge in [0.15, 0.2) is 5.82 Å². The van der Waals surface area contributed by atoms with Crippen LogP contribution in [0.1, 0.15) is 18.2 Å². The number of nitrogens with zero attached hydrogens (tertiary/aromatic N) is 2. The van der Waals surface area contributed by atoms with Gasteiger partial charge in [-0.1, -0.05) is 24.3 Å². The van der Waals surface area contributed by atoms with Crippen LogP contribution < -0.4 is 5.32 Å². The minimum atomic E-state index is 0.219. The van der Waals surface area contributed by atoms with E-state index in [0.29, 0.717) is 5.92 Å². The van der Waals surface area contributed by atoms with E-state index in [1.165, 1.54) is 10.5 Å². The monoisotopic (exact) mass is 379 g/mol. The van der Waals surface area contributed by atoms with Crippen molar-refractivity contribution in [2.75, 3.05) is 18.5 Å². The summed E-state index contributed by atoms with van der Waals surface area (Å²) in [4.78, 5) is 9.98. The van der Waals surface area contributed by atoms with E-state index in [-0.39, 0.29) is 5.75 Å². The van der Waals surface area contributed by atoms with Crippen LogP contribution in [0.2, 0.25) is 0 Å². The summed E-state index contributed by atoms with van der Waals surface area (Å²) in [7, 11) is 0. The van der Waals surface area contributed by atoms with Crippen LogP contribution in [0.15, 0.2) is 54.9 Å². The number of benzene rings is 1. The lowest BCUT2D eigenvalue weighted by atomic mass is 9.97. The Morgan fingerprint density at radius 1 is 1.30 bits per heavy atom. The molecule has 138 valence electrons. The summed E-state index contributed by atoms with van der Waals surface area (Å²) in [5.41, 5.74) is 2.92. The van der Waals surface area contributed by atoms with Gasteiger partial charge in [-0.05, 0) is 37.1 Å². The van der Waals surface area contributed by atoms with Crippen molar-refractivity contribution in [2.45, 2.75) is 13.3 Å². The van der Waals surface area contributed by atoms with Crippen molar-refractivity contribution < 1.29 is 9.84 Å². The molecule has 0 fully saturated rings. The number of rotatable bonds is 6. The quantitative estimate of drug-likeness (QED) is 0.621. The Balaban J connectivity index is 1.58. The lowest BCUT2D eigenvalue weighted by Gasteiger charge is -2.15. The molecule has 5 nitrogen and oxygen atoms in total. The molecule has 1 unspecified atom stereocenters. The van der Waals surface area contributed by atoms with Gasteiger partial charge in [0, 0.05) is 29.2 Å². The van der Waals surface area contributed by atoms with E-state index in [1.54, 1.807) is 35.9 Å². The SMILES string of the molecule is CCOCC1C=CC(c2cc3ncnc(Nc4cccc(O)c4)c3s2)=CC1. The topological polar surface area (TPSA) is 67.3 Å². The minimum Gasteiger partial charge on any atom is -0.508 e. The van der Waals surface area contributed by atoms with Gasteiger partial charge in [-0.2, -0.15) is 0 Å². The molecule has 2 heterocycles. The number of phenols is 1. The van der Waals surface area contributed by atoms with Gasteiger partial charge >= 0.3 is 0 Å². The standard InChI is InChI=1S/C21H21N3O2S/c1-2-26-12-14-6-8-15(9-7-14)19-11-18-20(27-19)21(23-13-22-18)24-16-4-3-5-17(25)10-16/h3-6,8-11,13-14,25H,2,7,12H2,1H3,(H,22,23,24). The highest BCUT2D eigenvalue weighted by Gasteiger charge is 2.14. The Morgan fingerprint density at radius 2 is 2.22 bits per heavy atom. The van der Waals surface area contributed by atoms with Crippen molar-refractivity contribution in [2.24, 2.45) is 5.92 Å². The number of aromatic nitrogens is 2. The van der Waals surface area contributed by atoms with Crippen molar-refractivity contribution in [3.05, 3.63) is 59.8 Å². The highest BCUT2D eigenvalue weighted by atomic mass is 32.1. The molecule has 0 radical (unpaired) electrons. The maximum absolute atomic E-state index is 9.66. The number of ether oxygens (including phenoxy) is 1. The molecule has 0 saturated carbocycles. The molecule has 1 aromatic carbocycles. The second-order valence-electron chi connectivity index (χ2n) is 6.40. The molecular formula is C21H21N3O2S. The normalized spacial score (nSPS) is 16.5. The maximum Gasteiger partial charge on any atom is 0.151 e. The molecule has 2 N–H and O–H groups in total. The zero-order valence-corrected chi connectivity index (χ0v) is 15.9. The fourth-order valence-electron chi connectivity index (χ4n) is 3.05. The fourth-order valence-corrected chi connectivity index (χ4v) is 4.12. The Hall–Kier alpha value is -2.70. The molecule has 0 saturated heterocycles. The third-order valence-electron chi connectivity index (χ3n) is 4.43. The zero-order chi connectivity index (χ0) is 18.6. The van der Waals surface area contributed by atoms with Crippen LogP contribution in [-0.4, -0.2) is 28.3 Å². The average Bonchev–Trinajstić information content (AvgIpc) is 3.12. The molecule has 27 heavy (non-hydrogen) atoms. The number of phenolic OH excluding ortho intramolecular Hbond substituents is 1. The fraction of sp³-hybridized carbons (Fsp3) is 0.238. The third-order valence-corrected chi connectivity index (χ3v) is 5.61. The van der Waals surface area contributed by atoms with Gasteiger partial charge in [0.1, 0.15) is 12.1 Å². The number of aromatic hydroxyl groups is 1. The van der Waals surface area contributed by atoms with Gasteiger partial charge < -0.3 is 15.2 Å². The van der Waals surface area contributed by atoms with Crippen molar-refractivity contribution >= 4 is 38.6 Å². The highest BCUT2D eigenvalue weighted by Crippen LogP contribution is 2.36. The Morgan fingerprint density at radius 3 is 3.00 bits per heavy atom. The van der Waals surface area contributed by atoms with E-state index < -0.39 is 0 Å². The molecule has 0 spiro atoms. The zero-order valence-electron chi connectivity index (χ0n) is 15.1. The molecule has 4 rings (SSSR count). The van der Waals surface area contributed by atoms with Crippen LogP contribution in [0.4, 0.5) is 11.5 Å². The predicted molar refractivity (Wildman–Crippen MR) is 111 cm³/mol. The maximum atomic E-state index is 9.66. The number of hydrogen-bond donors (Lipinski definition) is 2. The molecule has 3 aromatic rings. The van der Waals surface area contributed by atoms with Crippen LogP contribution in [0.5, 0.6) is 5.75 Å². The van der Waals surface area contributed by atoms with Crippen LogP contribution in [0.25, 0.3) is 15.8 Å². The van der Waals surface area contributed by atoms with Gasteiger partial charge in [-0.3, -0.25) is 0 Å². The smallest absolute Gasteiger partial charge is 0.151 e. The van der Waals surface area contributed by atoms with E-state index in [9.17, 15) is 5.11 Å². The second kappa shape index (κ2) is 7.90. The summed E-state index contributed by atoms with van der Waals surface area (Å²) in [6, 6.07) is 9.12. The van der Waals surface area contributed by atoms with Gasteiger partial charge in [0.05, 0.1) is 16.8 Å². The van der Waals surface area contributed by atoms with Crippen LogP contribution in [0, 0.1) is 5.92 Å². The van der Waals surface area contributed by atoms with E-state index in [1.807, 2.05) is 13.0 Å². The Kier molecular flexibility index (Phi) is 5.18. The molecular weight excluding hydrogens is 358 g/mol. The largest absolute Gasteiger partial charge is 0.508 e. The molecule has 2 aromatic heterocycles. The lowest BCUT2D eigenvalue weighted by molar-refractivity contribution is 0.125. The summed E-state index contributed by atoms with van der Waals surface area (Å²) in [6.07, 6.45) is 9.22. The highest BCUT2D eigenvalue weighted by molar-refractivity contribution is 7.20. The number of thiophene rings is 1. The van der Waals surface area contributed by atoms with Crippen LogP contribution >= 0.6 is 11.3 Å². The Labute approximate surface area is 162 Å². The molecule has 6 heteroatoms. The first-order valence-electron chi connectivity index (χ1n) is 9.00. The van der Waals surface area contributed by atoms with E-state index in [2.05, 4.69) is 39.6 Å². The van der Waals surface area contributed by atoms with Gasteiger partial charge in [-0.25, -0.2) is 9.97 Å². The van der Waals surface area contributed by atoms with E-state index in [0.717, 1.165) is 41.4 Å². The molecule has 1 aliphatic rings. The number of allylic oxidation sites excluding steroid dienone is 3. The van der Waals surface area contributed by atoms with Crippen LogP contribution in [-0.2, 0) is 4.74 Å². The van der Waals surface area contributed by atoms with E-state index >= 15 is 0 Å². The minimum absolute atomic E-state index is 0.219. The van der Waals surface area contributed by atoms with Gasteiger partial charge in [0.25, 0.3) is 0 Å².